The van der Waals surface area contributed by atoms with Crippen molar-refractivity contribution >= 4 is 18.2 Å². The summed E-state index contributed by atoms with van der Waals surface area (Å²) in [6.45, 7) is 6.47. The van der Waals surface area contributed by atoms with E-state index < -0.39 is 0 Å². The Morgan fingerprint density at radius 1 is 1.37 bits per heavy atom. The number of hydrogen-bond donors (Lipinski definition) is 1. The lowest BCUT2D eigenvalue weighted by Crippen LogP contribution is -2.53. The van der Waals surface area contributed by atoms with Gasteiger partial charge in [0.1, 0.15) is 0 Å². The number of aromatic amines is 1. The van der Waals surface area contributed by atoms with E-state index >= 15 is 0 Å². The lowest BCUT2D eigenvalue weighted by atomic mass is 9.84. The SMILES string of the molecule is CCn1c(N2CCC3C(CCCN3C)C2)n[nH]c1=S. The molecule has 6 heteroatoms. The number of fused-ring (bicyclic) bond motifs is 1. The van der Waals surface area contributed by atoms with Gasteiger partial charge in [-0.05, 0) is 57.9 Å². The highest BCUT2D eigenvalue weighted by molar-refractivity contribution is 7.71. The van der Waals surface area contributed by atoms with Gasteiger partial charge in [-0.15, -0.1) is 5.10 Å². The Morgan fingerprint density at radius 3 is 3.00 bits per heavy atom. The topological polar surface area (TPSA) is 40.1 Å². The number of rotatable bonds is 2. The van der Waals surface area contributed by atoms with Crippen LogP contribution in [0.2, 0.25) is 0 Å². The third kappa shape index (κ3) is 2.31. The van der Waals surface area contributed by atoms with E-state index in [-0.39, 0.29) is 0 Å². The average Bonchev–Trinajstić information content (AvgIpc) is 2.79. The van der Waals surface area contributed by atoms with Crippen LogP contribution in [0, 0.1) is 10.7 Å². The molecule has 1 aromatic heterocycles. The lowest BCUT2D eigenvalue weighted by Gasteiger charge is -2.46. The number of nitrogens with zero attached hydrogens (tertiary/aromatic N) is 4. The Labute approximate surface area is 119 Å². The van der Waals surface area contributed by atoms with Crippen molar-refractivity contribution in [3.63, 3.8) is 0 Å². The first kappa shape index (κ1) is 13.1. The van der Waals surface area contributed by atoms with Crippen molar-refractivity contribution in [2.24, 2.45) is 5.92 Å². The van der Waals surface area contributed by atoms with Gasteiger partial charge in [-0.1, -0.05) is 0 Å². The molecule has 0 aromatic carbocycles. The van der Waals surface area contributed by atoms with E-state index in [9.17, 15) is 0 Å². The summed E-state index contributed by atoms with van der Waals surface area (Å²) in [7, 11) is 2.27. The van der Waals surface area contributed by atoms with Crippen molar-refractivity contribution in [1.82, 2.24) is 19.7 Å². The molecule has 1 aromatic rings. The van der Waals surface area contributed by atoms with Gasteiger partial charge >= 0.3 is 0 Å². The van der Waals surface area contributed by atoms with Gasteiger partial charge in [0.2, 0.25) is 5.95 Å². The fraction of sp³-hybridized carbons (Fsp3) is 0.846. The lowest BCUT2D eigenvalue weighted by molar-refractivity contribution is 0.102. The highest BCUT2D eigenvalue weighted by Gasteiger charge is 2.35. The molecule has 19 heavy (non-hydrogen) atoms. The third-order valence-electron chi connectivity index (χ3n) is 4.68. The Kier molecular flexibility index (Phi) is 3.62. The van der Waals surface area contributed by atoms with Gasteiger partial charge in [-0.3, -0.25) is 4.57 Å². The average molecular weight is 281 g/mol. The molecule has 2 fully saturated rings. The molecule has 2 unspecified atom stereocenters. The molecular weight excluding hydrogens is 258 g/mol. The second-order valence-electron chi connectivity index (χ2n) is 5.76. The maximum absolute atomic E-state index is 5.29. The molecule has 3 rings (SSSR count). The number of likely N-dealkylation sites (tertiary alicyclic amines) is 1. The first-order valence-electron chi connectivity index (χ1n) is 7.31. The van der Waals surface area contributed by atoms with Gasteiger partial charge in [-0.2, -0.15) is 0 Å². The van der Waals surface area contributed by atoms with Gasteiger partial charge in [0, 0.05) is 25.7 Å². The Bertz CT molecular complexity index is 493. The first-order valence-corrected chi connectivity index (χ1v) is 7.72. The van der Waals surface area contributed by atoms with Crippen molar-refractivity contribution in [1.29, 1.82) is 0 Å². The van der Waals surface area contributed by atoms with E-state index in [4.69, 9.17) is 12.2 Å². The Hall–Kier alpha value is -0.880. The third-order valence-corrected chi connectivity index (χ3v) is 4.99. The molecule has 0 aliphatic carbocycles. The summed E-state index contributed by atoms with van der Waals surface area (Å²) >= 11 is 5.29. The van der Waals surface area contributed by atoms with Crippen LogP contribution in [0.5, 0.6) is 0 Å². The maximum Gasteiger partial charge on any atom is 0.225 e. The summed E-state index contributed by atoms with van der Waals surface area (Å²) in [5, 5.41) is 7.35. The predicted molar refractivity (Wildman–Crippen MR) is 79.1 cm³/mol. The molecule has 0 spiro atoms. The molecule has 0 amide bonds. The molecule has 0 bridgehead atoms. The minimum absolute atomic E-state index is 0.736. The zero-order valence-electron chi connectivity index (χ0n) is 11.8. The summed E-state index contributed by atoms with van der Waals surface area (Å²) in [5.41, 5.74) is 0. The minimum Gasteiger partial charge on any atom is -0.341 e. The van der Waals surface area contributed by atoms with Crippen molar-refractivity contribution in [2.75, 3.05) is 31.6 Å². The van der Waals surface area contributed by atoms with E-state index in [1.807, 2.05) is 0 Å². The zero-order chi connectivity index (χ0) is 13.4. The molecule has 0 radical (unpaired) electrons. The molecule has 2 saturated heterocycles. The smallest absolute Gasteiger partial charge is 0.225 e. The van der Waals surface area contributed by atoms with Crippen molar-refractivity contribution in [3.8, 4) is 0 Å². The molecule has 2 aliphatic heterocycles. The zero-order valence-corrected chi connectivity index (χ0v) is 12.6. The van der Waals surface area contributed by atoms with Crippen LogP contribution in [0.15, 0.2) is 0 Å². The standard InChI is InChI=1S/C13H23N5S/c1-3-18-12(14-15-13(18)19)17-8-6-11-10(9-17)5-4-7-16(11)2/h10-11H,3-9H2,1-2H3,(H,15,19). The molecule has 2 atom stereocenters. The van der Waals surface area contributed by atoms with Gasteiger partial charge in [0.15, 0.2) is 4.77 Å². The highest BCUT2D eigenvalue weighted by Crippen LogP contribution is 2.31. The highest BCUT2D eigenvalue weighted by atomic mass is 32.1. The Morgan fingerprint density at radius 2 is 2.21 bits per heavy atom. The van der Waals surface area contributed by atoms with Crippen molar-refractivity contribution in [3.05, 3.63) is 4.77 Å². The number of piperidine rings is 2. The normalized spacial score (nSPS) is 28.4. The number of hydrogen-bond acceptors (Lipinski definition) is 4. The van der Waals surface area contributed by atoms with Gasteiger partial charge < -0.3 is 9.80 Å². The molecule has 2 aliphatic rings. The van der Waals surface area contributed by atoms with Crippen LogP contribution in [0.1, 0.15) is 26.2 Å². The van der Waals surface area contributed by atoms with Gasteiger partial charge in [0.25, 0.3) is 0 Å². The molecule has 0 saturated carbocycles. The summed E-state index contributed by atoms with van der Waals surface area (Å²) in [6, 6.07) is 0.766. The monoisotopic (exact) mass is 281 g/mol. The molecule has 106 valence electrons. The van der Waals surface area contributed by atoms with Crippen LogP contribution in [-0.2, 0) is 6.54 Å². The maximum atomic E-state index is 5.29. The first-order chi connectivity index (χ1) is 9.20. The van der Waals surface area contributed by atoms with Crippen LogP contribution in [0.4, 0.5) is 5.95 Å². The van der Waals surface area contributed by atoms with Crippen LogP contribution in [0.25, 0.3) is 0 Å². The fourth-order valence-corrected chi connectivity index (χ4v) is 3.93. The Balaban J connectivity index is 1.79. The number of anilines is 1. The van der Waals surface area contributed by atoms with E-state index in [1.165, 1.54) is 25.8 Å². The molecule has 5 nitrogen and oxygen atoms in total. The van der Waals surface area contributed by atoms with E-state index in [0.29, 0.717) is 0 Å². The van der Waals surface area contributed by atoms with E-state index in [1.54, 1.807) is 0 Å². The largest absolute Gasteiger partial charge is 0.341 e. The minimum atomic E-state index is 0.736. The van der Waals surface area contributed by atoms with Crippen molar-refractivity contribution in [2.45, 2.75) is 38.8 Å². The van der Waals surface area contributed by atoms with Crippen molar-refractivity contribution < 1.29 is 0 Å². The van der Waals surface area contributed by atoms with Crippen LogP contribution in [-0.4, -0.2) is 52.4 Å². The van der Waals surface area contributed by atoms with Gasteiger partial charge in [-0.25, -0.2) is 5.10 Å². The molecule has 3 heterocycles. The summed E-state index contributed by atoms with van der Waals surface area (Å²) in [6.07, 6.45) is 3.92. The second-order valence-corrected chi connectivity index (χ2v) is 6.14. The van der Waals surface area contributed by atoms with Gasteiger partial charge in [0.05, 0.1) is 0 Å². The number of nitrogens with one attached hydrogen (secondary N) is 1. The van der Waals surface area contributed by atoms with Crippen LogP contribution >= 0.6 is 12.2 Å². The molecule has 1 N–H and O–H groups in total. The number of aromatic nitrogens is 3. The van der Waals surface area contributed by atoms with E-state index in [0.717, 1.165) is 42.3 Å². The summed E-state index contributed by atoms with van der Waals surface area (Å²) < 4.78 is 2.84. The van der Waals surface area contributed by atoms with Crippen LogP contribution < -0.4 is 4.90 Å². The fourth-order valence-electron chi connectivity index (χ4n) is 3.67. The number of H-pyrrole nitrogens is 1. The predicted octanol–water partition coefficient (Wildman–Crippen LogP) is 1.88. The van der Waals surface area contributed by atoms with E-state index in [2.05, 4.69) is 38.5 Å². The summed E-state index contributed by atoms with van der Waals surface area (Å²) in [5.74, 6) is 1.81. The summed E-state index contributed by atoms with van der Waals surface area (Å²) in [4.78, 5) is 4.96. The quantitative estimate of drug-likeness (QED) is 0.840. The second kappa shape index (κ2) is 5.25. The van der Waals surface area contributed by atoms with Crippen LogP contribution in [0.3, 0.4) is 0 Å². The molecular formula is C13H23N5S.